The van der Waals surface area contributed by atoms with E-state index in [-0.39, 0.29) is 0 Å². The molecular weight excluding hydrogens is 266 g/mol. The molecule has 1 saturated carbocycles. The third-order valence-electron chi connectivity index (χ3n) is 4.58. The van der Waals surface area contributed by atoms with Gasteiger partial charge in [0.25, 0.3) is 0 Å². The van der Waals surface area contributed by atoms with Crippen LogP contribution in [-0.2, 0) is 6.54 Å². The van der Waals surface area contributed by atoms with E-state index < -0.39 is 0 Å². The van der Waals surface area contributed by atoms with Gasteiger partial charge in [0, 0.05) is 12.6 Å². The van der Waals surface area contributed by atoms with Gasteiger partial charge in [0.1, 0.15) is 0 Å². The Balaban J connectivity index is 0.00000102. The second-order valence-corrected chi connectivity index (χ2v) is 6.21. The Morgan fingerprint density at radius 3 is 1.86 bits per heavy atom. The largest absolute Gasteiger partial charge is 0.299 e. The molecule has 0 aliphatic heterocycles. The first-order valence-electron chi connectivity index (χ1n) is 9.41. The summed E-state index contributed by atoms with van der Waals surface area (Å²) in [5.41, 5.74) is 1.44. The van der Waals surface area contributed by atoms with Crippen LogP contribution in [-0.4, -0.2) is 18.0 Å². The fraction of sp³-hybridized carbons (Fsp3) is 0.714. The Bertz CT molecular complexity index is 336. The molecule has 2 rings (SSSR count). The second-order valence-electron chi connectivity index (χ2n) is 6.21. The Labute approximate surface area is 140 Å². The standard InChI is InChI=1S/C17H27N.2C2H6/c1-14(2)16-9-11-17(12-10-16)18(3)13-15-7-5-4-6-8-15;2*1-2/h4-8,14,16-17H,9-13H2,1-3H3;2*1-2H3. The lowest BCUT2D eigenvalue weighted by molar-refractivity contribution is 0.142. The molecule has 0 radical (unpaired) electrons. The van der Waals surface area contributed by atoms with Gasteiger partial charge in [0.2, 0.25) is 0 Å². The SMILES string of the molecule is CC.CC.CC(C)C1CCC(N(C)Cc2ccccc2)CC1. The van der Waals surface area contributed by atoms with Crippen LogP contribution in [0.1, 0.15) is 72.8 Å². The van der Waals surface area contributed by atoms with Gasteiger partial charge in [-0.05, 0) is 50.1 Å². The summed E-state index contributed by atoms with van der Waals surface area (Å²) < 4.78 is 0. The molecular formula is C21H39N. The zero-order chi connectivity index (χ0) is 17.0. The average Bonchev–Trinajstić information content (AvgIpc) is 2.59. The first-order chi connectivity index (χ1) is 10.7. The smallest absolute Gasteiger partial charge is 0.0233 e. The van der Waals surface area contributed by atoms with E-state index in [0.717, 1.165) is 24.4 Å². The fourth-order valence-corrected chi connectivity index (χ4v) is 3.21. The lowest BCUT2D eigenvalue weighted by Crippen LogP contribution is -2.35. The Morgan fingerprint density at radius 2 is 1.41 bits per heavy atom. The van der Waals surface area contributed by atoms with E-state index in [2.05, 4.69) is 56.1 Å². The van der Waals surface area contributed by atoms with Crippen molar-refractivity contribution < 1.29 is 0 Å². The molecule has 0 aromatic heterocycles. The third kappa shape index (κ3) is 7.45. The van der Waals surface area contributed by atoms with Gasteiger partial charge in [-0.25, -0.2) is 0 Å². The van der Waals surface area contributed by atoms with Gasteiger partial charge in [0.05, 0.1) is 0 Å². The Kier molecular flexibility index (Phi) is 12.2. The summed E-state index contributed by atoms with van der Waals surface area (Å²) in [6.07, 6.45) is 5.60. The molecule has 1 nitrogen and oxygen atoms in total. The zero-order valence-electron chi connectivity index (χ0n) is 16.1. The summed E-state index contributed by atoms with van der Waals surface area (Å²) in [6.45, 7) is 13.8. The molecule has 0 bridgehead atoms. The van der Waals surface area contributed by atoms with Crippen molar-refractivity contribution in [2.45, 2.75) is 79.8 Å². The van der Waals surface area contributed by atoms with Crippen LogP contribution in [0.4, 0.5) is 0 Å². The van der Waals surface area contributed by atoms with Crippen LogP contribution in [0.25, 0.3) is 0 Å². The maximum atomic E-state index is 2.55. The van der Waals surface area contributed by atoms with Gasteiger partial charge < -0.3 is 0 Å². The van der Waals surface area contributed by atoms with E-state index in [1.54, 1.807) is 0 Å². The van der Waals surface area contributed by atoms with Crippen LogP contribution >= 0.6 is 0 Å². The predicted molar refractivity (Wildman–Crippen MR) is 101 cm³/mol. The van der Waals surface area contributed by atoms with Crippen LogP contribution in [0.2, 0.25) is 0 Å². The summed E-state index contributed by atoms with van der Waals surface area (Å²) in [5.74, 6) is 1.83. The highest BCUT2D eigenvalue weighted by atomic mass is 15.1. The van der Waals surface area contributed by atoms with Crippen molar-refractivity contribution >= 4 is 0 Å². The molecule has 0 saturated heterocycles. The maximum Gasteiger partial charge on any atom is 0.0233 e. The summed E-state index contributed by atoms with van der Waals surface area (Å²) in [7, 11) is 2.29. The minimum absolute atomic E-state index is 0.792. The van der Waals surface area contributed by atoms with Crippen LogP contribution in [0.5, 0.6) is 0 Å². The summed E-state index contributed by atoms with van der Waals surface area (Å²) in [4.78, 5) is 2.55. The highest BCUT2D eigenvalue weighted by molar-refractivity contribution is 5.14. The molecule has 0 amide bonds. The van der Waals surface area contributed by atoms with Crippen molar-refractivity contribution in [3.05, 3.63) is 35.9 Å². The van der Waals surface area contributed by atoms with Crippen molar-refractivity contribution in [3.8, 4) is 0 Å². The van der Waals surface area contributed by atoms with E-state index in [1.165, 1.54) is 31.2 Å². The zero-order valence-corrected chi connectivity index (χ0v) is 16.1. The van der Waals surface area contributed by atoms with Crippen LogP contribution < -0.4 is 0 Å². The molecule has 1 fully saturated rings. The predicted octanol–water partition coefficient (Wildman–Crippen LogP) is 6.39. The first kappa shape index (κ1) is 21.2. The maximum absolute atomic E-state index is 2.55. The molecule has 1 heteroatoms. The number of hydrogen-bond donors (Lipinski definition) is 0. The molecule has 0 N–H and O–H groups in total. The Morgan fingerprint density at radius 1 is 0.909 bits per heavy atom. The van der Waals surface area contributed by atoms with Gasteiger partial charge in [-0.1, -0.05) is 71.9 Å². The normalized spacial score (nSPS) is 20.8. The van der Waals surface area contributed by atoms with Crippen LogP contribution in [0, 0.1) is 11.8 Å². The molecule has 0 heterocycles. The molecule has 128 valence electrons. The average molecular weight is 306 g/mol. The van der Waals surface area contributed by atoms with Gasteiger partial charge >= 0.3 is 0 Å². The summed E-state index contributed by atoms with van der Waals surface area (Å²) in [5, 5.41) is 0. The molecule has 1 aromatic carbocycles. The third-order valence-corrected chi connectivity index (χ3v) is 4.58. The lowest BCUT2D eigenvalue weighted by Gasteiger charge is -2.36. The van der Waals surface area contributed by atoms with Crippen molar-refractivity contribution in [2.24, 2.45) is 11.8 Å². The number of rotatable bonds is 4. The second kappa shape index (κ2) is 12.7. The number of hydrogen-bond acceptors (Lipinski definition) is 1. The van der Waals surface area contributed by atoms with Crippen molar-refractivity contribution in [2.75, 3.05) is 7.05 Å². The summed E-state index contributed by atoms with van der Waals surface area (Å²) in [6, 6.07) is 11.6. The highest BCUT2D eigenvalue weighted by Crippen LogP contribution is 2.32. The topological polar surface area (TPSA) is 3.24 Å². The minimum atomic E-state index is 0.792. The van der Waals surface area contributed by atoms with Gasteiger partial charge in [-0.3, -0.25) is 4.90 Å². The molecule has 1 aliphatic carbocycles. The van der Waals surface area contributed by atoms with Gasteiger partial charge in [0.15, 0.2) is 0 Å². The van der Waals surface area contributed by atoms with Crippen molar-refractivity contribution in [3.63, 3.8) is 0 Å². The van der Waals surface area contributed by atoms with Gasteiger partial charge in [-0.15, -0.1) is 0 Å². The number of benzene rings is 1. The van der Waals surface area contributed by atoms with Crippen molar-refractivity contribution in [1.82, 2.24) is 4.90 Å². The van der Waals surface area contributed by atoms with E-state index in [1.807, 2.05) is 27.7 Å². The van der Waals surface area contributed by atoms with E-state index >= 15 is 0 Å². The molecule has 0 atom stereocenters. The molecule has 1 aliphatic rings. The highest BCUT2D eigenvalue weighted by Gasteiger charge is 2.25. The number of nitrogens with zero attached hydrogens (tertiary/aromatic N) is 1. The molecule has 0 unspecified atom stereocenters. The van der Waals surface area contributed by atoms with Gasteiger partial charge in [-0.2, -0.15) is 0 Å². The molecule has 22 heavy (non-hydrogen) atoms. The first-order valence-corrected chi connectivity index (χ1v) is 9.41. The van der Waals surface area contributed by atoms with Crippen LogP contribution in [0.3, 0.4) is 0 Å². The van der Waals surface area contributed by atoms with E-state index in [9.17, 15) is 0 Å². The monoisotopic (exact) mass is 305 g/mol. The fourth-order valence-electron chi connectivity index (χ4n) is 3.21. The van der Waals surface area contributed by atoms with Crippen molar-refractivity contribution in [1.29, 1.82) is 0 Å². The minimum Gasteiger partial charge on any atom is -0.299 e. The van der Waals surface area contributed by atoms with E-state index in [4.69, 9.17) is 0 Å². The lowest BCUT2D eigenvalue weighted by atomic mass is 9.79. The Hall–Kier alpha value is -0.820. The molecule has 1 aromatic rings. The molecule has 0 spiro atoms. The van der Waals surface area contributed by atoms with Crippen LogP contribution in [0.15, 0.2) is 30.3 Å². The summed E-state index contributed by atoms with van der Waals surface area (Å²) >= 11 is 0. The quantitative estimate of drug-likeness (QED) is 0.623. The van der Waals surface area contributed by atoms with E-state index in [0.29, 0.717) is 0 Å².